The number of rotatable bonds is 5. The molecule has 1 aliphatic rings. The summed E-state index contributed by atoms with van der Waals surface area (Å²) in [7, 11) is 3.09. The van der Waals surface area contributed by atoms with Gasteiger partial charge in [0.05, 0.1) is 12.2 Å². The Morgan fingerprint density at radius 3 is 2.48 bits per heavy atom. The molecule has 0 atom stereocenters. The van der Waals surface area contributed by atoms with Crippen molar-refractivity contribution >= 4 is 17.6 Å². The van der Waals surface area contributed by atoms with Gasteiger partial charge in [0.25, 0.3) is 12.3 Å². The van der Waals surface area contributed by atoms with Gasteiger partial charge in [-0.2, -0.15) is 0 Å². The van der Waals surface area contributed by atoms with Crippen LogP contribution in [0.5, 0.6) is 0 Å². The quantitative estimate of drug-likeness (QED) is 0.903. The smallest absolute Gasteiger partial charge is 0.322 e. The largest absolute Gasteiger partial charge is 0.345 e. The van der Waals surface area contributed by atoms with Gasteiger partial charge in [-0.05, 0) is 31.0 Å². The van der Waals surface area contributed by atoms with Gasteiger partial charge in [-0.25, -0.2) is 18.0 Å². The molecule has 5 nitrogen and oxygen atoms in total. The zero-order valence-corrected chi connectivity index (χ0v) is 12.9. The SMILES string of the molecule is CN(C)C(=O)c1ccc(F)c(NC(=O)N(CC(F)F)C2CC2)c1. The number of carbonyl (C=O) groups excluding carboxylic acids is 2. The van der Waals surface area contributed by atoms with Gasteiger partial charge in [-0.1, -0.05) is 0 Å². The standard InChI is InChI=1S/C15H18F3N3O2/c1-20(2)14(22)9-3-6-11(16)12(7-9)19-15(23)21(8-13(17)18)10-4-5-10/h3,6-7,10,13H,4-5,8H2,1-2H3,(H,19,23). The van der Waals surface area contributed by atoms with Gasteiger partial charge in [0.15, 0.2) is 0 Å². The van der Waals surface area contributed by atoms with Crippen molar-refractivity contribution in [1.82, 2.24) is 9.80 Å². The van der Waals surface area contributed by atoms with Gasteiger partial charge in [0.2, 0.25) is 0 Å². The summed E-state index contributed by atoms with van der Waals surface area (Å²) >= 11 is 0. The molecule has 2 rings (SSSR count). The normalized spacial score (nSPS) is 13.8. The van der Waals surface area contributed by atoms with Crippen LogP contribution in [0.15, 0.2) is 18.2 Å². The third-order valence-corrected chi connectivity index (χ3v) is 3.44. The highest BCUT2D eigenvalue weighted by Crippen LogP contribution is 2.28. The fourth-order valence-corrected chi connectivity index (χ4v) is 2.13. The second-order valence-electron chi connectivity index (χ2n) is 5.60. The van der Waals surface area contributed by atoms with E-state index in [4.69, 9.17) is 0 Å². The number of alkyl halides is 2. The van der Waals surface area contributed by atoms with Crippen LogP contribution in [0.4, 0.5) is 23.7 Å². The average molecular weight is 329 g/mol. The molecule has 126 valence electrons. The Bertz CT molecular complexity index is 604. The maximum atomic E-state index is 13.8. The zero-order valence-electron chi connectivity index (χ0n) is 12.9. The van der Waals surface area contributed by atoms with Crippen LogP contribution in [-0.2, 0) is 0 Å². The average Bonchev–Trinajstić information content (AvgIpc) is 3.30. The van der Waals surface area contributed by atoms with Gasteiger partial charge >= 0.3 is 6.03 Å². The molecular formula is C15H18F3N3O2. The van der Waals surface area contributed by atoms with Gasteiger partial charge in [-0.3, -0.25) is 4.79 Å². The number of hydrogen-bond donors (Lipinski definition) is 1. The predicted octanol–water partition coefficient (Wildman–Crippen LogP) is 2.79. The molecule has 1 aliphatic carbocycles. The van der Waals surface area contributed by atoms with E-state index in [0.717, 1.165) is 11.0 Å². The van der Waals surface area contributed by atoms with Crippen LogP contribution in [0.2, 0.25) is 0 Å². The Hall–Kier alpha value is -2.25. The van der Waals surface area contributed by atoms with Crippen molar-refractivity contribution in [3.8, 4) is 0 Å². The van der Waals surface area contributed by atoms with Crippen molar-refractivity contribution in [2.24, 2.45) is 0 Å². The Kier molecular flexibility index (Phi) is 5.12. The molecular weight excluding hydrogens is 311 g/mol. The van der Waals surface area contributed by atoms with Crippen LogP contribution in [-0.4, -0.2) is 54.8 Å². The summed E-state index contributed by atoms with van der Waals surface area (Å²) in [5.41, 5.74) is -0.0128. The van der Waals surface area contributed by atoms with E-state index >= 15 is 0 Å². The van der Waals surface area contributed by atoms with Crippen LogP contribution < -0.4 is 5.32 Å². The summed E-state index contributed by atoms with van der Waals surface area (Å²) < 4.78 is 39.0. The van der Waals surface area contributed by atoms with Crippen LogP contribution >= 0.6 is 0 Å². The third-order valence-electron chi connectivity index (χ3n) is 3.44. The first-order valence-electron chi connectivity index (χ1n) is 7.16. The highest BCUT2D eigenvalue weighted by Gasteiger charge is 2.34. The van der Waals surface area contributed by atoms with E-state index in [0.29, 0.717) is 12.8 Å². The molecule has 3 amide bonds. The lowest BCUT2D eigenvalue weighted by Gasteiger charge is -2.22. The first-order valence-corrected chi connectivity index (χ1v) is 7.16. The minimum Gasteiger partial charge on any atom is -0.345 e. The summed E-state index contributed by atoms with van der Waals surface area (Å²) in [5, 5.41) is 2.28. The van der Waals surface area contributed by atoms with Crippen LogP contribution in [0.1, 0.15) is 23.2 Å². The summed E-state index contributed by atoms with van der Waals surface area (Å²) in [6.45, 7) is -0.700. The summed E-state index contributed by atoms with van der Waals surface area (Å²) in [6, 6.07) is 2.52. The number of hydrogen-bond acceptors (Lipinski definition) is 2. The maximum Gasteiger partial charge on any atom is 0.322 e. The lowest BCUT2D eigenvalue weighted by atomic mass is 10.1. The van der Waals surface area contributed by atoms with Crippen molar-refractivity contribution in [2.45, 2.75) is 25.3 Å². The van der Waals surface area contributed by atoms with E-state index in [1.807, 2.05) is 0 Å². The molecule has 0 aromatic heterocycles. The van der Waals surface area contributed by atoms with E-state index in [1.165, 1.54) is 17.0 Å². The number of amides is 3. The zero-order chi connectivity index (χ0) is 17.1. The fraction of sp³-hybridized carbons (Fsp3) is 0.467. The van der Waals surface area contributed by atoms with Crippen molar-refractivity contribution in [3.05, 3.63) is 29.6 Å². The van der Waals surface area contributed by atoms with Crippen molar-refractivity contribution in [2.75, 3.05) is 26.0 Å². The summed E-state index contributed by atoms with van der Waals surface area (Å²) in [4.78, 5) is 26.3. The van der Waals surface area contributed by atoms with E-state index in [-0.39, 0.29) is 23.2 Å². The Balaban J connectivity index is 2.16. The van der Waals surface area contributed by atoms with Crippen LogP contribution in [0.25, 0.3) is 0 Å². The molecule has 1 N–H and O–H groups in total. The van der Waals surface area contributed by atoms with Gasteiger partial charge in [0, 0.05) is 25.7 Å². The molecule has 8 heteroatoms. The van der Waals surface area contributed by atoms with Crippen molar-refractivity contribution < 1.29 is 22.8 Å². The molecule has 0 bridgehead atoms. The first kappa shape index (κ1) is 17.1. The third kappa shape index (κ3) is 4.37. The second kappa shape index (κ2) is 6.89. The molecule has 0 heterocycles. The number of urea groups is 1. The number of nitrogens with zero attached hydrogens (tertiary/aromatic N) is 2. The number of halogens is 3. The molecule has 0 spiro atoms. The number of nitrogens with one attached hydrogen (secondary N) is 1. The monoisotopic (exact) mass is 329 g/mol. The molecule has 23 heavy (non-hydrogen) atoms. The highest BCUT2D eigenvalue weighted by molar-refractivity contribution is 5.96. The van der Waals surface area contributed by atoms with E-state index in [9.17, 15) is 22.8 Å². The van der Waals surface area contributed by atoms with Crippen molar-refractivity contribution in [3.63, 3.8) is 0 Å². The van der Waals surface area contributed by atoms with E-state index < -0.39 is 24.8 Å². The minimum atomic E-state index is -2.66. The molecule has 1 saturated carbocycles. The molecule has 0 radical (unpaired) electrons. The van der Waals surface area contributed by atoms with Gasteiger partial charge in [-0.15, -0.1) is 0 Å². The Morgan fingerprint density at radius 1 is 1.30 bits per heavy atom. The molecule has 1 fully saturated rings. The minimum absolute atomic E-state index is 0.193. The lowest BCUT2D eigenvalue weighted by Crippen LogP contribution is -2.40. The molecule has 1 aromatic rings. The number of benzene rings is 1. The number of anilines is 1. The Morgan fingerprint density at radius 2 is 1.96 bits per heavy atom. The van der Waals surface area contributed by atoms with E-state index in [1.54, 1.807) is 14.1 Å². The molecule has 0 unspecified atom stereocenters. The second-order valence-corrected chi connectivity index (χ2v) is 5.60. The van der Waals surface area contributed by atoms with Crippen LogP contribution in [0, 0.1) is 5.82 Å². The van der Waals surface area contributed by atoms with E-state index in [2.05, 4.69) is 5.32 Å². The molecule has 0 saturated heterocycles. The Labute approximate surface area is 132 Å². The molecule has 1 aromatic carbocycles. The highest BCUT2D eigenvalue weighted by atomic mass is 19.3. The predicted molar refractivity (Wildman–Crippen MR) is 79.2 cm³/mol. The van der Waals surface area contributed by atoms with Crippen LogP contribution in [0.3, 0.4) is 0 Å². The molecule has 0 aliphatic heterocycles. The van der Waals surface area contributed by atoms with Crippen molar-refractivity contribution in [1.29, 1.82) is 0 Å². The lowest BCUT2D eigenvalue weighted by molar-refractivity contribution is 0.0827. The summed E-state index contributed by atoms with van der Waals surface area (Å²) in [6.07, 6.45) is -1.35. The van der Waals surface area contributed by atoms with Gasteiger partial charge < -0.3 is 15.1 Å². The van der Waals surface area contributed by atoms with Gasteiger partial charge in [0.1, 0.15) is 5.82 Å². The topological polar surface area (TPSA) is 52.7 Å². The summed E-state index contributed by atoms with van der Waals surface area (Å²) in [5.74, 6) is -1.09. The maximum absolute atomic E-state index is 13.8. The first-order chi connectivity index (χ1) is 10.8. The fourth-order valence-electron chi connectivity index (χ4n) is 2.13. The number of carbonyl (C=O) groups is 2.